The zero-order chi connectivity index (χ0) is 16.1. The Morgan fingerprint density at radius 3 is 1.83 bits per heavy atom. The topological polar surface area (TPSA) is 12.0 Å². The standard InChI is InChI=1S/C22H23N/c1-17-13-14-22(18(2)15-17)23-16-21(19-9-5-3-6-10-19)20-11-7-4-8-12-20/h3-15,21,23H,16H2,1-2H3. The summed E-state index contributed by atoms with van der Waals surface area (Å²) in [5, 5.41) is 3.64. The van der Waals surface area contributed by atoms with Crippen molar-refractivity contribution >= 4 is 5.69 Å². The zero-order valence-electron chi connectivity index (χ0n) is 13.8. The molecule has 3 aromatic carbocycles. The molecule has 0 heterocycles. The Morgan fingerprint density at radius 2 is 1.30 bits per heavy atom. The predicted molar refractivity (Wildman–Crippen MR) is 99.1 cm³/mol. The highest BCUT2D eigenvalue weighted by Crippen LogP contribution is 2.26. The van der Waals surface area contributed by atoms with Crippen LogP contribution in [0.15, 0.2) is 78.9 Å². The molecular weight excluding hydrogens is 278 g/mol. The average molecular weight is 301 g/mol. The number of nitrogens with one attached hydrogen (secondary N) is 1. The smallest absolute Gasteiger partial charge is 0.0370 e. The molecule has 0 aliphatic heterocycles. The molecule has 116 valence electrons. The first-order valence-electron chi connectivity index (χ1n) is 8.15. The van der Waals surface area contributed by atoms with Gasteiger partial charge in [-0.25, -0.2) is 0 Å². The number of anilines is 1. The van der Waals surface area contributed by atoms with Crippen molar-refractivity contribution in [2.24, 2.45) is 0 Å². The molecule has 3 rings (SSSR count). The second kappa shape index (κ2) is 7.15. The fourth-order valence-electron chi connectivity index (χ4n) is 3.02. The summed E-state index contributed by atoms with van der Waals surface area (Å²) in [6.45, 7) is 5.18. The normalized spacial score (nSPS) is 10.7. The number of rotatable bonds is 5. The minimum Gasteiger partial charge on any atom is -0.384 e. The van der Waals surface area contributed by atoms with Crippen LogP contribution in [0.2, 0.25) is 0 Å². The van der Waals surface area contributed by atoms with Gasteiger partial charge in [-0.2, -0.15) is 0 Å². The molecule has 0 saturated carbocycles. The van der Waals surface area contributed by atoms with Crippen LogP contribution in [0, 0.1) is 13.8 Å². The van der Waals surface area contributed by atoms with E-state index in [1.807, 2.05) is 0 Å². The van der Waals surface area contributed by atoms with Crippen LogP contribution in [0.3, 0.4) is 0 Å². The van der Waals surface area contributed by atoms with Crippen molar-refractivity contribution in [1.82, 2.24) is 0 Å². The SMILES string of the molecule is Cc1ccc(NCC(c2ccccc2)c2ccccc2)c(C)c1. The zero-order valence-corrected chi connectivity index (χ0v) is 13.8. The summed E-state index contributed by atoms with van der Waals surface area (Å²) in [4.78, 5) is 0. The number of benzene rings is 3. The fraction of sp³-hybridized carbons (Fsp3) is 0.182. The summed E-state index contributed by atoms with van der Waals surface area (Å²) in [5.41, 5.74) is 6.50. The molecule has 0 aliphatic rings. The van der Waals surface area contributed by atoms with E-state index in [0.717, 1.165) is 6.54 Å². The molecule has 0 unspecified atom stereocenters. The summed E-state index contributed by atoms with van der Waals surface area (Å²) in [7, 11) is 0. The Bertz CT molecular complexity index is 708. The van der Waals surface area contributed by atoms with Crippen LogP contribution in [0.25, 0.3) is 0 Å². The highest BCUT2D eigenvalue weighted by Gasteiger charge is 2.13. The predicted octanol–water partition coefficient (Wildman–Crippen LogP) is 5.55. The molecule has 0 spiro atoms. The minimum absolute atomic E-state index is 0.345. The van der Waals surface area contributed by atoms with Gasteiger partial charge in [0, 0.05) is 18.2 Å². The van der Waals surface area contributed by atoms with Crippen molar-refractivity contribution in [3.05, 3.63) is 101 Å². The maximum atomic E-state index is 3.64. The third kappa shape index (κ3) is 3.81. The third-order valence-corrected chi connectivity index (χ3v) is 4.28. The first-order valence-corrected chi connectivity index (χ1v) is 8.15. The Balaban J connectivity index is 1.85. The highest BCUT2D eigenvalue weighted by atomic mass is 14.9. The second-order valence-electron chi connectivity index (χ2n) is 6.07. The highest BCUT2D eigenvalue weighted by molar-refractivity contribution is 5.52. The summed E-state index contributed by atoms with van der Waals surface area (Å²) in [5.74, 6) is 0.345. The Morgan fingerprint density at radius 1 is 0.739 bits per heavy atom. The van der Waals surface area contributed by atoms with E-state index in [1.165, 1.54) is 27.9 Å². The number of hydrogen-bond acceptors (Lipinski definition) is 1. The van der Waals surface area contributed by atoms with E-state index in [9.17, 15) is 0 Å². The maximum Gasteiger partial charge on any atom is 0.0370 e. The van der Waals surface area contributed by atoms with Crippen molar-refractivity contribution in [1.29, 1.82) is 0 Å². The molecule has 0 fully saturated rings. The summed E-state index contributed by atoms with van der Waals surface area (Å²) in [6.07, 6.45) is 0. The molecule has 3 aromatic rings. The summed E-state index contributed by atoms with van der Waals surface area (Å²) >= 11 is 0. The van der Waals surface area contributed by atoms with E-state index in [-0.39, 0.29) is 0 Å². The fourth-order valence-corrected chi connectivity index (χ4v) is 3.02. The van der Waals surface area contributed by atoms with Crippen LogP contribution in [0.5, 0.6) is 0 Å². The summed E-state index contributed by atoms with van der Waals surface area (Å²) < 4.78 is 0. The van der Waals surface area contributed by atoms with Gasteiger partial charge in [0.1, 0.15) is 0 Å². The molecule has 1 N–H and O–H groups in total. The first kappa shape index (κ1) is 15.4. The van der Waals surface area contributed by atoms with Crippen LogP contribution in [0.4, 0.5) is 5.69 Å². The largest absolute Gasteiger partial charge is 0.384 e. The van der Waals surface area contributed by atoms with E-state index in [4.69, 9.17) is 0 Å². The van der Waals surface area contributed by atoms with Crippen molar-refractivity contribution in [3.63, 3.8) is 0 Å². The molecule has 0 radical (unpaired) electrons. The van der Waals surface area contributed by atoms with Gasteiger partial charge in [-0.15, -0.1) is 0 Å². The van der Waals surface area contributed by atoms with Crippen LogP contribution in [-0.2, 0) is 0 Å². The minimum atomic E-state index is 0.345. The maximum absolute atomic E-state index is 3.64. The second-order valence-corrected chi connectivity index (χ2v) is 6.07. The van der Waals surface area contributed by atoms with Gasteiger partial charge in [0.2, 0.25) is 0 Å². The summed E-state index contributed by atoms with van der Waals surface area (Å²) in [6, 6.07) is 28.0. The van der Waals surface area contributed by atoms with E-state index >= 15 is 0 Å². The van der Waals surface area contributed by atoms with Gasteiger partial charge in [-0.3, -0.25) is 0 Å². The lowest BCUT2D eigenvalue weighted by Crippen LogP contribution is -2.14. The van der Waals surface area contributed by atoms with Gasteiger partial charge >= 0.3 is 0 Å². The van der Waals surface area contributed by atoms with Crippen LogP contribution in [-0.4, -0.2) is 6.54 Å². The molecule has 0 saturated heterocycles. The van der Waals surface area contributed by atoms with E-state index in [2.05, 4.69) is 98.0 Å². The number of hydrogen-bond donors (Lipinski definition) is 1. The van der Waals surface area contributed by atoms with E-state index in [0.29, 0.717) is 5.92 Å². The third-order valence-electron chi connectivity index (χ3n) is 4.28. The molecule has 0 aromatic heterocycles. The first-order chi connectivity index (χ1) is 11.2. The Kier molecular flexibility index (Phi) is 4.77. The lowest BCUT2D eigenvalue weighted by atomic mass is 9.91. The van der Waals surface area contributed by atoms with Crippen LogP contribution >= 0.6 is 0 Å². The molecule has 23 heavy (non-hydrogen) atoms. The Labute approximate surface area is 139 Å². The van der Waals surface area contributed by atoms with Gasteiger partial charge in [0.05, 0.1) is 0 Å². The van der Waals surface area contributed by atoms with Gasteiger partial charge in [-0.05, 0) is 36.6 Å². The molecule has 1 heteroatoms. The van der Waals surface area contributed by atoms with Crippen molar-refractivity contribution in [2.75, 3.05) is 11.9 Å². The van der Waals surface area contributed by atoms with Crippen molar-refractivity contribution in [2.45, 2.75) is 19.8 Å². The lowest BCUT2D eigenvalue weighted by Gasteiger charge is -2.20. The molecular formula is C22H23N. The average Bonchev–Trinajstić information content (AvgIpc) is 2.59. The van der Waals surface area contributed by atoms with Crippen molar-refractivity contribution < 1.29 is 0 Å². The molecule has 0 amide bonds. The van der Waals surface area contributed by atoms with Gasteiger partial charge in [0.15, 0.2) is 0 Å². The monoisotopic (exact) mass is 301 g/mol. The van der Waals surface area contributed by atoms with E-state index in [1.54, 1.807) is 0 Å². The van der Waals surface area contributed by atoms with Gasteiger partial charge in [-0.1, -0.05) is 78.4 Å². The van der Waals surface area contributed by atoms with Gasteiger partial charge in [0.25, 0.3) is 0 Å². The van der Waals surface area contributed by atoms with Crippen LogP contribution < -0.4 is 5.32 Å². The van der Waals surface area contributed by atoms with Crippen molar-refractivity contribution in [3.8, 4) is 0 Å². The molecule has 1 nitrogen and oxygen atoms in total. The van der Waals surface area contributed by atoms with Crippen LogP contribution in [0.1, 0.15) is 28.2 Å². The molecule has 0 atom stereocenters. The lowest BCUT2D eigenvalue weighted by molar-refractivity contribution is 0.852. The molecule has 0 aliphatic carbocycles. The van der Waals surface area contributed by atoms with Gasteiger partial charge < -0.3 is 5.32 Å². The molecule has 0 bridgehead atoms. The number of aryl methyl sites for hydroxylation is 2. The Hall–Kier alpha value is -2.54. The van der Waals surface area contributed by atoms with E-state index < -0.39 is 0 Å². The quantitative estimate of drug-likeness (QED) is 0.651.